The first-order valence-electron chi connectivity index (χ1n) is 5.97. The summed E-state index contributed by atoms with van der Waals surface area (Å²) in [6, 6.07) is 7.44. The van der Waals surface area contributed by atoms with Crippen molar-refractivity contribution in [3.63, 3.8) is 0 Å². The van der Waals surface area contributed by atoms with Gasteiger partial charge in [0, 0.05) is 29.0 Å². The van der Waals surface area contributed by atoms with Crippen LogP contribution in [0, 0.1) is 6.92 Å². The molecule has 0 atom stereocenters. The molecule has 0 aromatic carbocycles. The van der Waals surface area contributed by atoms with Crippen LogP contribution in [0.15, 0.2) is 30.5 Å². The molecule has 0 saturated heterocycles. The van der Waals surface area contributed by atoms with E-state index in [1.807, 2.05) is 7.05 Å². The van der Waals surface area contributed by atoms with Crippen molar-refractivity contribution >= 4 is 17.3 Å². The van der Waals surface area contributed by atoms with E-state index in [1.165, 1.54) is 9.75 Å². The van der Waals surface area contributed by atoms with Crippen molar-refractivity contribution in [2.24, 2.45) is 0 Å². The molecule has 0 bridgehead atoms. The Morgan fingerprint density at radius 1 is 1.37 bits per heavy atom. The second-order valence-corrected chi connectivity index (χ2v) is 5.86. The molecule has 19 heavy (non-hydrogen) atoms. The molecule has 0 aliphatic rings. The zero-order chi connectivity index (χ0) is 13.8. The summed E-state index contributed by atoms with van der Waals surface area (Å²) in [7, 11) is 1.97. The number of pyridine rings is 1. The second-order valence-electron chi connectivity index (χ2n) is 4.49. The third kappa shape index (κ3) is 3.62. The van der Waals surface area contributed by atoms with Crippen molar-refractivity contribution in [1.82, 2.24) is 9.88 Å². The molecule has 2 aromatic rings. The Bertz CT molecular complexity index is 580. The van der Waals surface area contributed by atoms with Crippen LogP contribution in [0.5, 0.6) is 0 Å². The fraction of sp³-hybridized carbons (Fsp3) is 0.286. The summed E-state index contributed by atoms with van der Waals surface area (Å²) in [4.78, 5) is 19.9. The van der Waals surface area contributed by atoms with Crippen molar-refractivity contribution < 1.29 is 9.90 Å². The van der Waals surface area contributed by atoms with E-state index in [0.717, 1.165) is 6.54 Å². The van der Waals surface area contributed by atoms with Crippen LogP contribution >= 0.6 is 11.3 Å². The van der Waals surface area contributed by atoms with Gasteiger partial charge in [0.2, 0.25) is 0 Å². The van der Waals surface area contributed by atoms with Crippen molar-refractivity contribution in [3.05, 3.63) is 51.5 Å². The molecule has 2 aromatic heterocycles. The molecule has 0 amide bonds. The maximum atomic E-state index is 11.1. The van der Waals surface area contributed by atoms with Gasteiger partial charge in [-0.3, -0.25) is 9.88 Å². The highest BCUT2D eigenvalue weighted by atomic mass is 32.1. The molecule has 0 unspecified atom stereocenters. The van der Waals surface area contributed by atoms with Gasteiger partial charge in [-0.15, -0.1) is 11.3 Å². The third-order valence-corrected chi connectivity index (χ3v) is 3.75. The quantitative estimate of drug-likeness (QED) is 0.912. The lowest BCUT2D eigenvalue weighted by Gasteiger charge is -2.16. The topological polar surface area (TPSA) is 53.4 Å². The number of thiophene rings is 1. The molecule has 0 saturated carbocycles. The largest absolute Gasteiger partial charge is 0.478 e. The van der Waals surface area contributed by atoms with Gasteiger partial charge in [-0.25, -0.2) is 4.79 Å². The third-order valence-electron chi connectivity index (χ3n) is 2.76. The molecule has 2 heterocycles. The highest BCUT2D eigenvalue weighted by Gasteiger charge is 2.12. The van der Waals surface area contributed by atoms with Gasteiger partial charge >= 0.3 is 5.97 Å². The molecule has 4 nitrogen and oxygen atoms in total. The van der Waals surface area contributed by atoms with Crippen LogP contribution in [0.1, 0.15) is 25.8 Å². The molecule has 0 spiro atoms. The smallest absolute Gasteiger partial charge is 0.337 e. The van der Waals surface area contributed by atoms with Gasteiger partial charge < -0.3 is 5.11 Å². The number of aryl methyl sites for hydroxylation is 1. The zero-order valence-corrected chi connectivity index (χ0v) is 11.8. The number of rotatable bonds is 5. The fourth-order valence-corrected chi connectivity index (χ4v) is 2.88. The number of nitrogens with zero attached hydrogens (tertiary/aromatic N) is 2. The van der Waals surface area contributed by atoms with Crippen LogP contribution in [0.3, 0.4) is 0 Å². The lowest BCUT2D eigenvalue weighted by Crippen LogP contribution is -2.19. The molecule has 0 fully saturated rings. The number of aromatic carboxylic acids is 1. The van der Waals surface area contributed by atoms with Gasteiger partial charge in [-0.1, -0.05) is 0 Å². The van der Waals surface area contributed by atoms with E-state index in [1.54, 1.807) is 29.7 Å². The first-order chi connectivity index (χ1) is 9.06. The summed E-state index contributed by atoms with van der Waals surface area (Å²) < 4.78 is 0. The number of carboxylic acids is 1. The van der Waals surface area contributed by atoms with Gasteiger partial charge in [0.05, 0.1) is 11.3 Å². The number of carbonyl (C=O) groups is 1. The molecule has 2 rings (SSSR count). The van der Waals surface area contributed by atoms with E-state index in [2.05, 4.69) is 28.9 Å². The van der Waals surface area contributed by atoms with E-state index < -0.39 is 5.97 Å². The van der Waals surface area contributed by atoms with Crippen LogP contribution in [-0.4, -0.2) is 28.0 Å². The normalized spacial score (nSPS) is 10.9. The minimum Gasteiger partial charge on any atom is -0.478 e. The van der Waals surface area contributed by atoms with Crippen molar-refractivity contribution in [3.8, 4) is 0 Å². The summed E-state index contributed by atoms with van der Waals surface area (Å²) in [5, 5.41) is 9.12. The maximum absolute atomic E-state index is 11.1. The van der Waals surface area contributed by atoms with E-state index >= 15 is 0 Å². The first kappa shape index (κ1) is 13.7. The molecule has 5 heteroatoms. The number of hydrogen-bond donors (Lipinski definition) is 1. The minimum absolute atomic E-state index is 0.275. The van der Waals surface area contributed by atoms with Crippen LogP contribution in [0.2, 0.25) is 0 Å². The van der Waals surface area contributed by atoms with E-state index in [0.29, 0.717) is 12.2 Å². The Kier molecular flexibility index (Phi) is 4.29. The Hall–Kier alpha value is -1.72. The average Bonchev–Trinajstić information content (AvgIpc) is 2.75. The predicted octanol–water partition coefficient (Wildman–Crippen LogP) is 2.78. The van der Waals surface area contributed by atoms with Crippen molar-refractivity contribution in [1.29, 1.82) is 0 Å². The standard InChI is InChI=1S/C14H16N2O2S/c1-10-5-6-11(19-10)8-16(2)9-13-12(14(17)18)4-3-7-15-13/h3-7H,8-9H2,1-2H3,(H,17,18). The number of aromatic nitrogens is 1. The minimum atomic E-state index is -0.927. The van der Waals surface area contributed by atoms with Crippen molar-refractivity contribution in [2.75, 3.05) is 7.05 Å². The van der Waals surface area contributed by atoms with Crippen LogP contribution in [-0.2, 0) is 13.1 Å². The average molecular weight is 276 g/mol. The Labute approximate surface area is 116 Å². The zero-order valence-electron chi connectivity index (χ0n) is 11.0. The Morgan fingerprint density at radius 2 is 2.16 bits per heavy atom. The van der Waals surface area contributed by atoms with E-state index in [9.17, 15) is 4.79 Å². The lowest BCUT2D eigenvalue weighted by atomic mass is 10.2. The number of hydrogen-bond acceptors (Lipinski definition) is 4. The first-order valence-corrected chi connectivity index (χ1v) is 6.79. The van der Waals surface area contributed by atoms with Crippen molar-refractivity contribution in [2.45, 2.75) is 20.0 Å². The van der Waals surface area contributed by atoms with E-state index in [-0.39, 0.29) is 5.56 Å². The molecule has 100 valence electrons. The molecule has 0 aliphatic heterocycles. The van der Waals surface area contributed by atoms with Crippen LogP contribution < -0.4 is 0 Å². The highest BCUT2D eigenvalue weighted by Crippen LogP contribution is 2.17. The Balaban J connectivity index is 2.06. The summed E-state index contributed by atoms with van der Waals surface area (Å²) in [5.41, 5.74) is 0.877. The second kappa shape index (κ2) is 5.95. The predicted molar refractivity (Wildman–Crippen MR) is 75.4 cm³/mol. The fourth-order valence-electron chi connectivity index (χ4n) is 1.91. The molecular formula is C14H16N2O2S. The summed E-state index contributed by atoms with van der Waals surface area (Å²) in [5.74, 6) is -0.927. The van der Waals surface area contributed by atoms with Crippen LogP contribution in [0.25, 0.3) is 0 Å². The molecule has 0 aliphatic carbocycles. The molecule has 1 N–H and O–H groups in total. The van der Waals surface area contributed by atoms with Gasteiger partial charge in [-0.05, 0) is 38.2 Å². The SMILES string of the molecule is Cc1ccc(CN(C)Cc2ncccc2C(=O)O)s1. The summed E-state index contributed by atoms with van der Waals surface area (Å²) in [6.07, 6.45) is 1.63. The number of carboxylic acid groups (broad SMARTS) is 1. The maximum Gasteiger partial charge on any atom is 0.337 e. The Morgan fingerprint density at radius 3 is 2.79 bits per heavy atom. The monoisotopic (exact) mass is 276 g/mol. The van der Waals surface area contributed by atoms with Crippen LogP contribution in [0.4, 0.5) is 0 Å². The van der Waals surface area contributed by atoms with Gasteiger partial charge in [-0.2, -0.15) is 0 Å². The van der Waals surface area contributed by atoms with Gasteiger partial charge in [0.1, 0.15) is 0 Å². The van der Waals surface area contributed by atoms with Gasteiger partial charge in [0.15, 0.2) is 0 Å². The molecular weight excluding hydrogens is 260 g/mol. The summed E-state index contributed by atoms with van der Waals surface area (Å²) >= 11 is 1.76. The van der Waals surface area contributed by atoms with Gasteiger partial charge in [0.25, 0.3) is 0 Å². The highest BCUT2D eigenvalue weighted by molar-refractivity contribution is 7.11. The summed E-state index contributed by atoms with van der Waals surface area (Å²) in [6.45, 7) is 3.41. The molecule has 0 radical (unpaired) electrons. The lowest BCUT2D eigenvalue weighted by molar-refractivity contribution is 0.0694. The van der Waals surface area contributed by atoms with E-state index in [4.69, 9.17) is 5.11 Å².